The van der Waals surface area contributed by atoms with Crippen LogP contribution in [-0.4, -0.2) is 76.8 Å². The zero-order valence-electron chi connectivity index (χ0n) is 17.3. The number of aldehydes is 1. The molecule has 1 saturated heterocycles. The number of sulfonamides is 1. The van der Waals surface area contributed by atoms with E-state index in [-0.39, 0.29) is 49.3 Å². The number of rotatable bonds is 8. The maximum atomic E-state index is 13.1. The Balaban J connectivity index is 1.63. The molecular weight excluding hydrogens is 424 g/mol. The molecule has 1 amide bonds. The molecule has 31 heavy (non-hydrogen) atoms. The molecule has 166 valence electrons. The summed E-state index contributed by atoms with van der Waals surface area (Å²) in [6.45, 7) is 0.492. The predicted octanol–water partition coefficient (Wildman–Crippen LogP) is 1.43. The molecule has 1 fully saturated rings. The van der Waals surface area contributed by atoms with Gasteiger partial charge in [-0.2, -0.15) is 4.31 Å². The second-order valence-corrected chi connectivity index (χ2v) is 8.65. The number of benzene rings is 2. The maximum Gasteiger partial charge on any atom is 0.260 e. The summed E-state index contributed by atoms with van der Waals surface area (Å²) < 4.78 is 43.4. The highest BCUT2D eigenvalue weighted by molar-refractivity contribution is 7.89. The molecule has 9 nitrogen and oxygen atoms in total. The minimum Gasteiger partial charge on any atom is -0.497 e. The average Bonchev–Trinajstić information content (AvgIpc) is 2.82. The van der Waals surface area contributed by atoms with Crippen molar-refractivity contribution in [1.29, 1.82) is 0 Å². The molecular formula is C21H24N2O7S. The van der Waals surface area contributed by atoms with Crippen molar-refractivity contribution in [3.05, 3.63) is 48.0 Å². The van der Waals surface area contributed by atoms with E-state index < -0.39 is 10.0 Å². The minimum atomic E-state index is -3.83. The zero-order chi connectivity index (χ0) is 22.4. The Morgan fingerprint density at radius 3 is 2.35 bits per heavy atom. The van der Waals surface area contributed by atoms with Gasteiger partial charge in [0.05, 0.1) is 19.8 Å². The monoisotopic (exact) mass is 448 g/mol. The quantitative estimate of drug-likeness (QED) is 0.563. The van der Waals surface area contributed by atoms with E-state index in [0.29, 0.717) is 23.3 Å². The molecule has 2 aromatic rings. The minimum absolute atomic E-state index is 0.0166. The Bertz CT molecular complexity index is 1050. The summed E-state index contributed by atoms with van der Waals surface area (Å²) in [6.07, 6.45) is 0.663. The fraction of sp³-hybridized carbons (Fsp3) is 0.333. The number of piperazine rings is 1. The highest BCUT2D eigenvalue weighted by Crippen LogP contribution is 2.31. The summed E-state index contributed by atoms with van der Waals surface area (Å²) in [5.74, 6) is 0.677. The summed E-state index contributed by atoms with van der Waals surface area (Å²) in [6, 6.07) is 11.2. The van der Waals surface area contributed by atoms with Crippen LogP contribution in [0.1, 0.15) is 10.4 Å². The standard InChI is InChI=1S/C21H24N2O7S/c1-28-17-7-8-19(29-2)20(13-17)31(26,27)23-11-9-22(10-12-23)21(25)15-30-18-6-4-3-5-16(18)14-24/h3-8,13-14H,9-12,15H2,1-2H3. The fourth-order valence-electron chi connectivity index (χ4n) is 3.24. The van der Waals surface area contributed by atoms with Crippen LogP contribution in [0.3, 0.4) is 0 Å². The number of nitrogens with zero attached hydrogens (tertiary/aromatic N) is 2. The molecule has 0 atom stereocenters. The van der Waals surface area contributed by atoms with Gasteiger partial charge in [-0.1, -0.05) is 12.1 Å². The molecule has 0 aromatic heterocycles. The SMILES string of the molecule is COc1ccc(OC)c(S(=O)(=O)N2CCN(C(=O)COc3ccccc3C=O)CC2)c1. The second-order valence-electron chi connectivity index (χ2n) is 6.75. The number of ether oxygens (including phenoxy) is 3. The topological polar surface area (TPSA) is 102 Å². The van der Waals surface area contributed by atoms with E-state index >= 15 is 0 Å². The van der Waals surface area contributed by atoms with Crippen LogP contribution in [0.5, 0.6) is 17.2 Å². The third-order valence-corrected chi connectivity index (χ3v) is 6.90. The molecule has 0 spiro atoms. The highest BCUT2D eigenvalue weighted by atomic mass is 32.2. The van der Waals surface area contributed by atoms with Crippen molar-refractivity contribution in [2.45, 2.75) is 4.90 Å². The third-order valence-electron chi connectivity index (χ3n) is 4.98. The fourth-order valence-corrected chi connectivity index (χ4v) is 4.84. The van der Waals surface area contributed by atoms with Gasteiger partial charge in [-0.25, -0.2) is 8.42 Å². The van der Waals surface area contributed by atoms with Crippen molar-refractivity contribution in [2.75, 3.05) is 47.0 Å². The normalized spacial score (nSPS) is 14.7. The van der Waals surface area contributed by atoms with Gasteiger partial charge in [0, 0.05) is 32.2 Å². The highest BCUT2D eigenvalue weighted by Gasteiger charge is 2.32. The number of methoxy groups -OCH3 is 2. The Kier molecular flexibility index (Phi) is 7.13. The van der Waals surface area contributed by atoms with E-state index in [2.05, 4.69) is 0 Å². The largest absolute Gasteiger partial charge is 0.497 e. The van der Waals surface area contributed by atoms with Gasteiger partial charge in [-0.3, -0.25) is 9.59 Å². The van der Waals surface area contributed by atoms with Crippen LogP contribution in [0.15, 0.2) is 47.4 Å². The smallest absolute Gasteiger partial charge is 0.260 e. The summed E-state index contributed by atoms with van der Waals surface area (Å²) in [5, 5.41) is 0. The number of hydrogen-bond acceptors (Lipinski definition) is 7. The van der Waals surface area contributed by atoms with Crippen molar-refractivity contribution in [3.63, 3.8) is 0 Å². The molecule has 10 heteroatoms. The van der Waals surface area contributed by atoms with Crippen LogP contribution in [0.2, 0.25) is 0 Å². The lowest BCUT2D eigenvalue weighted by Crippen LogP contribution is -2.51. The van der Waals surface area contributed by atoms with Gasteiger partial charge in [0.2, 0.25) is 10.0 Å². The molecule has 3 rings (SSSR count). The van der Waals surface area contributed by atoms with Crippen molar-refractivity contribution >= 4 is 22.2 Å². The lowest BCUT2D eigenvalue weighted by molar-refractivity contribution is -0.134. The molecule has 2 aromatic carbocycles. The molecule has 0 aliphatic carbocycles. The van der Waals surface area contributed by atoms with Crippen molar-refractivity contribution in [3.8, 4) is 17.2 Å². The van der Waals surface area contributed by atoms with E-state index in [1.165, 1.54) is 24.6 Å². The van der Waals surface area contributed by atoms with Gasteiger partial charge in [0.25, 0.3) is 5.91 Å². The number of carbonyl (C=O) groups excluding carboxylic acids is 2. The van der Waals surface area contributed by atoms with Crippen LogP contribution < -0.4 is 14.2 Å². The van der Waals surface area contributed by atoms with Crippen molar-refractivity contribution in [2.24, 2.45) is 0 Å². The molecule has 1 aliphatic heterocycles. The van der Waals surface area contributed by atoms with Crippen molar-refractivity contribution < 1.29 is 32.2 Å². The van der Waals surface area contributed by atoms with E-state index in [1.807, 2.05) is 0 Å². The van der Waals surface area contributed by atoms with Gasteiger partial charge in [0.15, 0.2) is 12.9 Å². The first kappa shape index (κ1) is 22.6. The van der Waals surface area contributed by atoms with Gasteiger partial charge >= 0.3 is 0 Å². The Hall–Kier alpha value is -3.11. The first-order chi connectivity index (χ1) is 14.9. The number of hydrogen-bond donors (Lipinski definition) is 0. The van der Waals surface area contributed by atoms with Gasteiger partial charge in [-0.15, -0.1) is 0 Å². The van der Waals surface area contributed by atoms with Crippen LogP contribution in [0.4, 0.5) is 0 Å². The number of para-hydroxylation sites is 1. The maximum absolute atomic E-state index is 13.1. The predicted molar refractivity (Wildman–Crippen MR) is 112 cm³/mol. The molecule has 0 radical (unpaired) electrons. The average molecular weight is 448 g/mol. The summed E-state index contributed by atoms with van der Waals surface area (Å²) >= 11 is 0. The Labute approximate surface area is 181 Å². The van der Waals surface area contributed by atoms with E-state index in [1.54, 1.807) is 41.3 Å². The van der Waals surface area contributed by atoms with E-state index in [9.17, 15) is 18.0 Å². The van der Waals surface area contributed by atoms with Crippen LogP contribution in [-0.2, 0) is 14.8 Å². The van der Waals surface area contributed by atoms with Gasteiger partial charge in [-0.05, 0) is 24.3 Å². The van der Waals surface area contributed by atoms with E-state index in [0.717, 1.165) is 0 Å². The van der Waals surface area contributed by atoms with Crippen LogP contribution >= 0.6 is 0 Å². The molecule has 0 unspecified atom stereocenters. The van der Waals surface area contributed by atoms with Crippen LogP contribution in [0.25, 0.3) is 0 Å². The van der Waals surface area contributed by atoms with Crippen molar-refractivity contribution in [1.82, 2.24) is 9.21 Å². The second kappa shape index (κ2) is 9.80. The summed E-state index contributed by atoms with van der Waals surface area (Å²) in [5.41, 5.74) is 0.360. The summed E-state index contributed by atoms with van der Waals surface area (Å²) in [4.78, 5) is 25.1. The van der Waals surface area contributed by atoms with Crippen LogP contribution in [0, 0.1) is 0 Å². The molecule has 1 aliphatic rings. The first-order valence-electron chi connectivity index (χ1n) is 9.57. The Morgan fingerprint density at radius 1 is 1.00 bits per heavy atom. The zero-order valence-corrected chi connectivity index (χ0v) is 18.1. The molecule has 1 heterocycles. The molecule has 0 bridgehead atoms. The third kappa shape index (κ3) is 4.97. The molecule has 0 N–H and O–H groups in total. The lowest BCUT2D eigenvalue weighted by Gasteiger charge is -2.34. The number of amides is 1. The first-order valence-corrected chi connectivity index (χ1v) is 11.0. The number of carbonyl (C=O) groups is 2. The molecule has 0 saturated carbocycles. The Morgan fingerprint density at radius 2 is 1.71 bits per heavy atom. The van der Waals surface area contributed by atoms with E-state index in [4.69, 9.17) is 14.2 Å². The summed E-state index contributed by atoms with van der Waals surface area (Å²) in [7, 11) is -0.971. The lowest BCUT2D eigenvalue weighted by atomic mass is 10.2. The van der Waals surface area contributed by atoms with Gasteiger partial charge in [0.1, 0.15) is 22.1 Å². The van der Waals surface area contributed by atoms with Gasteiger partial charge < -0.3 is 19.1 Å².